The molecule has 156 valence electrons. The summed E-state index contributed by atoms with van der Waals surface area (Å²) in [4.78, 5) is 18.7. The van der Waals surface area contributed by atoms with Gasteiger partial charge in [0.25, 0.3) is 0 Å². The van der Waals surface area contributed by atoms with Crippen molar-refractivity contribution in [3.8, 4) is 0 Å². The lowest BCUT2D eigenvalue weighted by Crippen LogP contribution is -2.68. The molecule has 0 aromatic carbocycles. The summed E-state index contributed by atoms with van der Waals surface area (Å²) < 4.78 is 5.91. The Kier molecular flexibility index (Phi) is 7.81. The topological polar surface area (TPSA) is 66.0 Å². The molecule has 1 heterocycles. The van der Waals surface area contributed by atoms with Crippen molar-refractivity contribution >= 4 is 35.8 Å². The smallest absolute Gasteiger partial charge is 0.225 e. The van der Waals surface area contributed by atoms with Gasteiger partial charge in [0, 0.05) is 56.6 Å². The summed E-state index contributed by atoms with van der Waals surface area (Å²) in [6.45, 7) is 8.26. The summed E-state index contributed by atoms with van der Waals surface area (Å²) in [7, 11) is 3.70. The highest BCUT2D eigenvalue weighted by atomic mass is 127. The van der Waals surface area contributed by atoms with Crippen molar-refractivity contribution in [3.05, 3.63) is 0 Å². The Morgan fingerprint density at radius 2 is 1.96 bits per heavy atom. The maximum absolute atomic E-state index is 12.3. The Bertz CT molecular complexity index is 552. The highest BCUT2D eigenvalue weighted by molar-refractivity contribution is 14.0. The molecule has 6 nitrogen and oxygen atoms in total. The number of guanidine groups is 1. The van der Waals surface area contributed by atoms with E-state index in [9.17, 15) is 4.79 Å². The van der Waals surface area contributed by atoms with Gasteiger partial charge in [0.15, 0.2) is 5.96 Å². The second kappa shape index (κ2) is 9.29. The van der Waals surface area contributed by atoms with Crippen LogP contribution in [0.3, 0.4) is 0 Å². The number of halogens is 1. The van der Waals surface area contributed by atoms with E-state index >= 15 is 0 Å². The third kappa shape index (κ3) is 4.71. The summed E-state index contributed by atoms with van der Waals surface area (Å²) in [5.74, 6) is 1.87. The van der Waals surface area contributed by atoms with Crippen LogP contribution in [-0.4, -0.2) is 62.2 Å². The van der Waals surface area contributed by atoms with Crippen molar-refractivity contribution in [2.45, 2.75) is 71.1 Å². The lowest BCUT2D eigenvalue weighted by molar-refractivity contribution is -0.134. The van der Waals surface area contributed by atoms with Gasteiger partial charge in [-0.1, -0.05) is 20.3 Å². The van der Waals surface area contributed by atoms with Crippen molar-refractivity contribution in [2.75, 3.05) is 27.2 Å². The van der Waals surface area contributed by atoms with Gasteiger partial charge in [-0.3, -0.25) is 9.79 Å². The molecule has 3 rings (SSSR count). The Hall–Kier alpha value is -0.570. The fourth-order valence-electron chi connectivity index (χ4n) is 5.16. The van der Waals surface area contributed by atoms with Crippen molar-refractivity contribution in [2.24, 2.45) is 22.2 Å². The molecule has 1 amide bonds. The first kappa shape index (κ1) is 22.7. The van der Waals surface area contributed by atoms with E-state index < -0.39 is 0 Å². The zero-order chi connectivity index (χ0) is 18.9. The number of nitrogens with one attached hydrogen (secondary N) is 2. The number of carbonyl (C=O) groups is 1. The minimum absolute atomic E-state index is 0. The molecule has 3 aliphatic rings. The second-order valence-corrected chi connectivity index (χ2v) is 8.95. The minimum Gasteiger partial charge on any atom is -0.377 e. The molecular weight excluding hydrogens is 455 g/mol. The average molecular weight is 492 g/mol. The first-order chi connectivity index (χ1) is 12.3. The summed E-state index contributed by atoms with van der Waals surface area (Å²) >= 11 is 0. The number of amides is 1. The Morgan fingerprint density at radius 3 is 2.63 bits per heavy atom. The van der Waals surface area contributed by atoms with Crippen LogP contribution < -0.4 is 10.6 Å². The molecule has 1 saturated heterocycles. The van der Waals surface area contributed by atoms with E-state index in [0.29, 0.717) is 24.1 Å². The number of aliphatic imine (C=N–C) groups is 1. The van der Waals surface area contributed by atoms with Crippen molar-refractivity contribution < 1.29 is 9.53 Å². The molecule has 0 radical (unpaired) electrons. The molecule has 0 spiro atoms. The summed E-state index contributed by atoms with van der Waals surface area (Å²) in [5, 5.41) is 7.32. The number of rotatable bonds is 4. The average Bonchev–Trinajstić information content (AvgIpc) is 3.06. The third-order valence-electron chi connectivity index (χ3n) is 6.51. The van der Waals surface area contributed by atoms with Gasteiger partial charge in [0.2, 0.25) is 5.91 Å². The molecule has 3 fully saturated rings. The molecule has 2 aliphatic carbocycles. The fraction of sp³-hybridized carbons (Fsp3) is 0.900. The molecule has 0 bridgehead atoms. The van der Waals surface area contributed by atoms with Gasteiger partial charge >= 0.3 is 0 Å². The van der Waals surface area contributed by atoms with E-state index in [1.807, 2.05) is 14.1 Å². The number of carbonyl (C=O) groups excluding carboxylic acids is 1. The van der Waals surface area contributed by atoms with Gasteiger partial charge in [-0.05, 0) is 32.6 Å². The number of hydrogen-bond donors (Lipinski definition) is 2. The highest BCUT2D eigenvalue weighted by Crippen LogP contribution is 2.52. The SMILES string of the molecule is CCN=C(NC1CCCC(C(=O)N(C)C)C1)NC1C2CCOC2C1(C)C.I. The van der Waals surface area contributed by atoms with E-state index in [-0.39, 0.29) is 41.2 Å². The highest BCUT2D eigenvalue weighted by Gasteiger charge is 2.59. The van der Waals surface area contributed by atoms with Crippen molar-refractivity contribution in [1.29, 1.82) is 0 Å². The van der Waals surface area contributed by atoms with E-state index in [0.717, 1.165) is 51.2 Å². The predicted molar refractivity (Wildman–Crippen MR) is 120 cm³/mol. The maximum Gasteiger partial charge on any atom is 0.225 e. The number of nitrogens with zero attached hydrogens (tertiary/aromatic N) is 2. The van der Waals surface area contributed by atoms with Gasteiger partial charge in [-0.2, -0.15) is 0 Å². The Morgan fingerprint density at radius 1 is 1.22 bits per heavy atom. The van der Waals surface area contributed by atoms with Crippen LogP contribution in [-0.2, 0) is 9.53 Å². The van der Waals surface area contributed by atoms with E-state index in [1.165, 1.54) is 0 Å². The molecular formula is C20H37IN4O2. The Labute approximate surface area is 181 Å². The molecule has 7 heteroatoms. The minimum atomic E-state index is 0. The molecule has 5 unspecified atom stereocenters. The summed E-state index contributed by atoms with van der Waals surface area (Å²) in [6, 6.07) is 0.713. The zero-order valence-electron chi connectivity index (χ0n) is 17.5. The van der Waals surface area contributed by atoms with Crippen LogP contribution in [0.5, 0.6) is 0 Å². The lowest BCUT2D eigenvalue weighted by atomic mass is 9.57. The van der Waals surface area contributed by atoms with Crippen LogP contribution in [0.1, 0.15) is 52.9 Å². The molecule has 5 atom stereocenters. The molecule has 2 saturated carbocycles. The number of ether oxygens (including phenoxy) is 1. The number of fused-ring (bicyclic) bond motifs is 1. The van der Waals surface area contributed by atoms with Gasteiger partial charge in [-0.15, -0.1) is 24.0 Å². The normalized spacial score (nSPS) is 34.7. The molecule has 2 N–H and O–H groups in total. The van der Waals surface area contributed by atoms with Gasteiger partial charge < -0.3 is 20.3 Å². The van der Waals surface area contributed by atoms with Gasteiger partial charge in [-0.25, -0.2) is 0 Å². The molecule has 1 aliphatic heterocycles. The first-order valence-electron chi connectivity index (χ1n) is 10.2. The van der Waals surface area contributed by atoms with Crippen LogP contribution in [0.25, 0.3) is 0 Å². The van der Waals surface area contributed by atoms with Crippen molar-refractivity contribution in [3.63, 3.8) is 0 Å². The van der Waals surface area contributed by atoms with Crippen LogP contribution >= 0.6 is 24.0 Å². The maximum atomic E-state index is 12.3. The van der Waals surface area contributed by atoms with E-state index in [2.05, 4.69) is 36.4 Å². The standard InChI is InChI=1S/C20H36N4O2.HI/c1-6-21-19(23-16-15-10-11-26-17(15)20(16,2)3)22-14-9-7-8-13(12-14)18(25)24(4)5;/h13-17H,6-12H2,1-5H3,(H2,21,22,23);1H. The first-order valence-corrected chi connectivity index (χ1v) is 10.2. The van der Waals surface area contributed by atoms with Crippen molar-refractivity contribution in [1.82, 2.24) is 15.5 Å². The van der Waals surface area contributed by atoms with E-state index in [4.69, 9.17) is 4.74 Å². The second-order valence-electron chi connectivity index (χ2n) is 8.95. The molecule has 27 heavy (non-hydrogen) atoms. The quantitative estimate of drug-likeness (QED) is 0.360. The monoisotopic (exact) mass is 492 g/mol. The Balaban J connectivity index is 0.00000261. The van der Waals surface area contributed by atoms with Gasteiger partial charge in [0.1, 0.15) is 0 Å². The van der Waals surface area contributed by atoms with Crippen LogP contribution in [0.4, 0.5) is 0 Å². The van der Waals surface area contributed by atoms with E-state index in [1.54, 1.807) is 4.90 Å². The van der Waals surface area contributed by atoms with Crippen LogP contribution in [0, 0.1) is 17.3 Å². The number of hydrogen-bond acceptors (Lipinski definition) is 3. The summed E-state index contributed by atoms with van der Waals surface area (Å²) in [6.07, 6.45) is 5.59. The van der Waals surface area contributed by atoms with Crippen LogP contribution in [0.15, 0.2) is 4.99 Å². The molecule has 0 aromatic heterocycles. The summed E-state index contributed by atoms with van der Waals surface area (Å²) in [5.41, 5.74) is 0.132. The fourth-order valence-corrected chi connectivity index (χ4v) is 5.16. The zero-order valence-corrected chi connectivity index (χ0v) is 19.8. The van der Waals surface area contributed by atoms with Gasteiger partial charge in [0.05, 0.1) is 6.10 Å². The predicted octanol–water partition coefficient (Wildman–Crippen LogP) is 2.62. The van der Waals surface area contributed by atoms with Crippen LogP contribution in [0.2, 0.25) is 0 Å². The third-order valence-corrected chi connectivity index (χ3v) is 6.51. The largest absolute Gasteiger partial charge is 0.377 e. The lowest BCUT2D eigenvalue weighted by Gasteiger charge is -2.55. The molecule has 0 aromatic rings.